The highest BCUT2D eigenvalue weighted by Gasteiger charge is 2.11. The van der Waals surface area contributed by atoms with Gasteiger partial charge in [-0.2, -0.15) is 5.10 Å². The maximum atomic E-state index is 5.90. The van der Waals surface area contributed by atoms with E-state index in [4.69, 9.17) is 9.47 Å². The lowest BCUT2D eigenvalue weighted by Crippen LogP contribution is -2.37. The van der Waals surface area contributed by atoms with Gasteiger partial charge in [0.15, 0.2) is 5.96 Å². The Morgan fingerprint density at radius 1 is 1.06 bits per heavy atom. The molecule has 0 bridgehead atoms. The van der Waals surface area contributed by atoms with Gasteiger partial charge in [0.1, 0.15) is 5.75 Å². The van der Waals surface area contributed by atoms with Crippen molar-refractivity contribution in [1.29, 1.82) is 0 Å². The van der Waals surface area contributed by atoms with Gasteiger partial charge < -0.3 is 20.1 Å². The number of ether oxygens (including phenoxy) is 2. The van der Waals surface area contributed by atoms with Crippen molar-refractivity contribution in [3.63, 3.8) is 0 Å². The Morgan fingerprint density at radius 3 is 2.59 bits per heavy atom. The summed E-state index contributed by atoms with van der Waals surface area (Å²) in [7, 11) is 3.49. The molecule has 1 aromatic heterocycles. The minimum absolute atomic E-state index is 0. The van der Waals surface area contributed by atoms with Crippen LogP contribution in [0.3, 0.4) is 0 Å². The van der Waals surface area contributed by atoms with E-state index in [1.54, 1.807) is 14.2 Å². The maximum absolute atomic E-state index is 5.90. The van der Waals surface area contributed by atoms with E-state index >= 15 is 0 Å². The molecule has 3 aromatic rings. The molecule has 0 amide bonds. The van der Waals surface area contributed by atoms with Crippen molar-refractivity contribution < 1.29 is 9.47 Å². The Balaban J connectivity index is 0.00000363. The summed E-state index contributed by atoms with van der Waals surface area (Å²) in [5, 5.41) is 13.7. The molecule has 0 fully saturated rings. The number of rotatable bonds is 10. The van der Waals surface area contributed by atoms with Gasteiger partial charge in [0.2, 0.25) is 0 Å². The lowest BCUT2D eigenvalue weighted by atomic mass is 10.1. The van der Waals surface area contributed by atoms with Crippen molar-refractivity contribution in [3.05, 3.63) is 59.4 Å². The van der Waals surface area contributed by atoms with E-state index in [1.807, 2.05) is 29.8 Å². The molecule has 2 N–H and O–H groups in total. The maximum Gasteiger partial charge on any atom is 0.191 e. The van der Waals surface area contributed by atoms with Crippen LogP contribution in [0.5, 0.6) is 5.75 Å². The second-order valence-corrected chi connectivity index (χ2v) is 7.43. The van der Waals surface area contributed by atoms with Crippen LogP contribution in [0, 0.1) is 13.8 Å². The number of benzene rings is 2. The van der Waals surface area contributed by atoms with E-state index in [0.717, 1.165) is 42.6 Å². The molecule has 7 nitrogen and oxygen atoms in total. The lowest BCUT2D eigenvalue weighted by Gasteiger charge is -2.13. The first-order valence-electron chi connectivity index (χ1n) is 10.7. The van der Waals surface area contributed by atoms with Crippen LogP contribution in [0.4, 0.5) is 0 Å². The first-order chi connectivity index (χ1) is 15.1. The van der Waals surface area contributed by atoms with Crippen molar-refractivity contribution in [1.82, 2.24) is 20.4 Å². The average Bonchev–Trinajstić information content (AvgIpc) is 3.06. The number of aryl methyl sites for hydroxylation is 1. The predicted octanol–water partition coefficient (Wildman–Crippen LogP) is 4.05. The van der Waals surface area contributed by atoms with Gasteiger partial charge in [-0.05, 0) is 43.2 Å². The Bertz CT molecular complexity index is 1020. The third-order valence-corrected chi connectivity index (χ3v) is 5.30. The van der Waals surface area contributed by atoms with Gasteiger partial charge in [0.05, 0.1) is 25.5 Å². The molecule has 0 aliphatic carbocycles. The fraction of sp³-hybridized carbons (Fsp3) is 0.417. The fourth-order valence-electron chi connectivity index (χ4n) is 3.50. The summed E-state index contributed by atoms with van der Waals surface area (Å²) in [6.07, 6.45) is 0.876. The molecule has 2 aromatic carbocycles. The largest absolute Gasteiger partial charge is 0.494 e. The van der Waals surface area contributed by atoms with Crippen molar-refractivity contribution in [2.24, 2.45) is 4.99 Å². The number of hydrogen-bond acceptors (Lipinski definition) is 4. The smallest absolute Gasteiger partial charge is 0.191 e. The first-order valence-corrected chi connectivity index (χ1v) is 10.7. The van der Waals surface area contributed by atoms with Gasteiger partial charge in [-0.1, -0.05) is 30.3 Å². The van der Waals surface area contributed by atoms with E-state index in [-0.39, 0.29) is 24.0 Å². The summed E-state index contributed by atoms with van der Waals surface area (Å²) in [5.74, 6) is 1.67. The molecule has 32 heavy (non-hydrogen) atoms. The number of aromatic nitrogens is 2. The Labute approximate surface area is 207 Å². The number of guanidine groups is 1. The minimum Gasteiger partial charge on any atom is -0.494 e. The summed E-state index contributed by atoms with van der Waals surface area (Å²) in [4.78, 5) is 4.32. The van der Waals surface area contributed by atoms with Crippen LogP contribution in [0.2, 0.25) is 0 Å². The number of hydrogen-bond donors (Lipinski definition) is 2. The van der Waals surface area contributed by atoms with Crippen LogP contribution in [0.25, 0.3) is 10.8 Å². The second kappa shape index (κ2) is 13.3. The molecule has 0 aliphatic rings. The molecule has 0 aliphatic heterocycles. The molecular weight excluding hydrogens is 517 g/mol. The summed E-state index contributed by atoms with van der Waals surface area (Å²) in [6, 6.07) is 14.5. The molecule has 1 heterocycles. The Hall–Kier alpha value is -2.33. The Kier molecular flexibility index (Phi) is 10.8. The van der Waals surface area contributed by atoms with Crippen molar-refractivity contribution in [2.45, 2.75) is 33.4 Å². The SMILES string of the molecule is CN=C(NCCCOc1ccc2ccccc2c1)NCc1c(C)nn(CCOC)c1C.I. The van der Waals surface area contributed by atoms with Gasteiger partial charge in [-0.25, -0.2) is 0 Å². The molecule has 0 spiro atoms. The normalized spacial score (nSPS) is 11.3. The fourth-order valence-corrected chi connectivity index (χ4v) is 3.50. The number of methoxy groups -OCH3 is 1. The van der Waals surface area contributed by atoms with E-state index in [9.17, 15) is 0 Å². The number of halogens is 1. The monoisotopic (exact) mass is 551 g/mol. The van der Waals surface area contributed by atoms with Crippen molar-refractivity contribution in [2.75, 3.05) is 33.9 Å². The van der Waals surface area contributed by atoms with Crippen LogP contribution in [-0.2, 0) is 17.8 Å². The third-order valence-electron chi connectivity index (χ3n) is 5.30. The van der Waals surface area contributed by atoms with E-state index in [2.05, 4.69) is 51.9 Å². The van der Waals surface area contributed by atoms with Crippen LogP contribution < -0.4 is 15.4 Å². The minimum atomic E-state index is 0. The summed E-state index contributed by atoms with van der Waals surface area (Å²) < 4.78 is 13.1. The molecule has 0 unspecified atom stereocenters. The number of nitrogens with zero attached hydrogens (tertiary/aromatic N) is 3. The first kappa shape index (κ1) is 25.9. The molecular formula is C24H34IN5O2. The summed E-state index contributed by atoms with van der Waals surface area (Å²) in [5.41, 5.74) is 3.38. The van der Waals surface area contributed by atoms with Gasteiger partial charge in [-0.3, -0.25) is 9.67 Å². The predicted molar refractivity (Wildman–Crippen MR) is 141 cm³/mol. The van der Waals surface area contributed by atoms with Gasteiger partial charge >= 0.3 is 0 Å². The molecule has 0 radical (unpaired) electrons. The van der Waals surface area contributed by atoms with Crippen molar-refractivity contribution >= 4 is 40.7 Å². The topological polar surface area (TPSA) is 72.7 Å². The molecule has 3 rings (SSSR count). The van der Waals surface area contributed by atoms with Crippen LogP contribution in [-0.4, -0.2) is 49.7 Å². The highest BCUT2D eigenvalue weighted by atomic mass is 127. The molecule has 8 heteroatoms. The lowest BCUT2D eigenvalue weighted by molar-refractivity contribution is 0.182. The zero-order chi connectivity index (χ0) is 22.1. The molecule has 0 saturated carbocycles. The van der Waals surface area contributed by atoms with Gasteiger partial charge in [0.25, 0.3) is 0 Å². The number of fused-ring (bicyclic) bond motifs is 1. The van der Waals surface area contributed by atoms with E-state index < -0.39 is 0 Å². The molecule has 0 atom stereocenters. The van der Waals surface area contributed by atoms with Crippen LogP contribution in [0.15, 0.2) is 47.5 Å². The van der Waals surface area contributed by atoms with Gasteiger partial charge in [0, 0.05) is 38.5 Å². The van der Waals surface area contributed by atoms with Crippen LogP contribution >= 0.6 is 24.0 Å². The van der Waals surface area contributed by atoms with E-state index in [0.29, 0.717) is 19.8 Å². The van der Waals surface area contributed by atoms with E-state index in [1.165, 1.54) is 16.3 Å². The third kappa shape index (κ3) is 7.09. The Morgan fingerprint density at radius 2 is 1.84 bits per heavy atom. The van der Waals surface area contributed by atoms with Crippen LogP contribution in [0.1, 0.15) is 23.4 Å². The average molecular weight is 551 g/mol. The highest BCUT2D eigenvalue weighted by Crippen LogP contribution is 2.20. The summed E-state index contributed by atoms with van der Waals surface area (Å²) >= 11 is 0. The summed E-state index contributed by atoms with van der Waals surface area (Å²) in [6.45, 7) is 7.64. The van der Waals surface area contributed by atoms with Crippen molar-refractivity contribution in [3.8, 4) is 5.75 Å². The highest BCUT2D eigenvalue weighted by molar-refractivity contribution is 14.0. The quantitative estimate of drug-likeness (QED) is 0.172. The molecule has 0 saturated heterocycles. The number of aliphatic imine (C=N–C) groups is 1. The zero-order valence-electron chi connectivity index (χ0n) is 19.4. The number of nitrogens with one attached hydrogen (secondary N) is 2. The second-order valence-electron chi connectivity index (χ2n) is 7.43. The zero-order valence-corrected chi connectivity index (χ0v) is 21.7. The molecule has 174 valence electrons. The standard InChI is InChI=1S/C24H33N5O2.HI/c1-18-23(19(2)29(28-18)13-15-30-4)17-27-24(25-3)26-12-7-14-31-22-11-10-20-8-5-6-9-21(20)16-22;/h5-6,8-11,16H,7,12-15,17H2,1-4H3,(H2,25,26,27);1H. The van der Waals surface area contributed by atoms with Gasteiger partial charge in [-0.15, -0.1) is 24.0 Å².